The lowest BCUT2D eigenvalue weighted by molar-refractivity contribution is -0.136. The van der Waals surface area contributed by atoms with E-state index < -0.39 is 5.97 Å². The van der Waals surface area contributed by atoms with Crippen LogP contribution in [0.15, 0.2) is 0 Å². The van der Waals surface area contributed by atoms with Crippen LogP contribution < -0.4 is 0 Å². The van der Waals surface area contributed by atoms with E-state index in [1.807, 2.05) is 6.92 Å². The van der Waals surface area contributed by atoms with E-state index >= 15 is 0 Å². The largest absolute Gasteiger partial charge is 0.391 e. The lowest BCUT2D eigenvalue weighted by atomic mass is 10.3. The van der Waals surface area contributed by atoms with Gasteiger partial charge < -0.3 is 4.18 Å². The lowest BCUT2D eigenvalue weighted by Crippen LogP contribution is -2.04. The van der Waals surface area contributed by atoms with Crippen LogP contribution in [0.25, 0.3) is 0 Å². The maximum Gasteiger partial charge on any atom is 0.325 e. The summed E-state index contributed by atoms with van der Waals surface area (Å²) in [5.41, 5.74) is 0. The molecule has 0 spiro atoms. The summed E-state index contributed by atoms with van der Waals surface area (Å²) in [5.74, 6) is 0.0879. The highest BCUT2D eigenvalue weighted by molar-refractivity contribution is 7.95. The fourth-order valence-corrected chi connectivity index (χ4v) is 0.666. The van der Waals surface area contributed by atoms with Crippen molar-refractivity contribution in [1.29, 1.82) is 0 Å². The molecule has 0 saturated heterocycles. The molecule has 0 N–H and O–H groups in total. The molecule has 3 nitrogen and oxygen atoms in total. The summed E-state index contributed by atoms with van der Waals surface area (Å²) in [6, 6.07) is 0. The number of carbonyl (C=O) groups is 2. The van der Waals surface area contributed by atoms with Crippen LogP contribution >= 0.6 is 12.0 Å². The Morgan fingerprint density at radius 3 is 2.50 bits per heavy atom. The van der Waals surface area contributed by atoms with E-state index in [0.717, 1.165) is 12.0 Å². The second kappa shape index (κ2) is 5.29. The molecule has 10 heavy (non-hydrogen) atoms. The van der Waals surface area contributed by atoms with Crippen LogP contribution in [0.5, 0.6) is 0 Å². The molecule has 0 saturated carbocycles. The summed E-state index contributed by atoms with van der Waals surface area (Å²) >= 11 is 1.06. The molecular weight excluding hydrogens is 152 g/mol. The molecule has 0 fully saturated rings. The zero-order valence-corrected chi connectivity index (χ0v) is 6.86. The van der Waals surface area contributed by atoms with E-state index in [1.54, 1.807) is 0 Å². The van der Waals surface area contributed by atoms with Crippen molar-refractivity contribution in [2.24, 2.45) is 0 Å². The van der Waals surface area contributed by atoms with Crippen LogP contribution in [0, 0.1) is 0 Å². The Kier molecular flexibility index (Phi) is 5.02. The molecule has 58 valence electrons. The molecule has 0 radical (unpaired) electrons. The van der Waals surface area contributed by atoms with Crippen molar-refractivity contribution in [1.82, 2.24) is 0 Å². The fourth-order valence-electron chi connectivity index (χ4n) is 0.357. The maximum atomic E-state index is 10.5. The quantitative estimate of drug-likeness (QED) is 0.460. The van der Waals surface area contributed by atoms with E-state index in [4.69, 9.17) is 0 Å². The summed E-state index contributed by atoms with van der Waals surface area (Å²) in [6.07, 6.45) is -0.118. The first-order chi connectivity index (χ1) is 4.66. The van der Waals surface area contributed by atoms with Gasteiger partial charge >= 0.3 is 5.97 Å². The Balaban J connectivity index is 3.35. The minimum Gasteiger partial charge on any atom is -0.391 e. The summed E-state index contributed by atoms with van der Waals surface area (Å²) in [5, 5.41) is 0. The van der Waals surface area contributed by atoms with Crippen LogP contribution in [-0.2, 0) is 13.8 Å². The summed E-state index contributed by atoms with van der Waals surface area (Å²) in [4.78, 5) is 20.9. The van der Waals surface area contributed by atoms with Crippen molar-refractivity contribution < 1.29 is 13.8 Å². The van der Waals surface area contributed by atoms with Crippen LogP contribution in [0.3, 0.4) is 0 Å². The van der Waals surface area contributed by atoms with E-state index in [0.29, 0.717) is 5.75 Å². The molecular formula is C6H10O3S. The number of hydrogen-bond donors (Lipinski definition) is 0. The lowest BCUT2D eigenvalue weighted by Gasteiger charge is -1.96. The number of hydrogen-bond acceptors (Lipinski definition) is 4. The van der Waals surface area contributed by atoms with E-state index in [2.05, 4.69) is 4.18 Å². The van der Waals surface area contributed by atoms with E-state index in [-0.39, 0.29) is 12.2 Å². The third-order valence-corrected chi connectivity index (χ3v) is 1.20. The van der Waals surface area contributed by atoms with Gasteiger partial charge in [-0.15, -0.1) is 0 Å². The highest BCUT2D eigenvalue weighted by Gasteiger charge is 2.05. The molecule has 0 aliphatic carbocycles. The highest BCUT2D eigenvalue weighted by Crippen LogP contribution is 2.02. The van der Waals surface area contributed by atoms with Gasteiger partial charge in [0.15, 0.2) is 0 Å². The molecule has 0 atom stereocenters. The second-order valence-corrected chi connectivity index (χ2v) is 2.72. The van der Waals surface area contributed by atoms with Gasteiger partial charge in [0.1, 0.15) is 12.2 Å². The summed E-state index contributed by atoms with van der Waals surface area (Å²) in [7, 11) is 0. The normalized spacial score (nSPS) is 9.00. The Bertz CT molecular complexity index is 133. The zero-order valence-electron chi connectivity index (χ0n) is 6.05. The zero-order chi connectivity index (χ0) is 7.98. The van der Waals surface area contributed by atoms with Gasteiger partial charge in [0.2, 0.25) is 0 Å². The Hall–Kier alpha value is -0.510. The molecule has 0 rings (SSSR count). The highest BCUT2D eigenvalue weighted by atomic mass is 32.2. The predicted octanol–water partition coefficient (Wildman–Crippen LogP) is 1.18. The molecule has 0 aliphatic rings. The minimum absolute atomic E-state index is 0.118. The average molecular weight is 162 g/mol. The maximum absolute atomic E-state index is 10.5. The van der Waals surface area contributed by atoms with E-state index in [9.17, 15) is 9.59 Å². The molecule has 0 amide bonds. The standard InChI is InChI=1S/C6H10O3S/c1-3-10-9-6(8)4-5(2)7/h3-4H2,1-2H3. The first-order valence-corrected chi connectivity index (χ1v) is 3.89. The summed E-state index contributed by atoms with van der Waals surface area (Å²) in [6.45, 7) is 3.23. The van der Waals surface area contributed by atoms with Gasteiger partial charge in [-0.2, -0.15) is 0 Å². The van der Waals surface area contributed by atoms with Gasteiger partial charge in [0.05, 0.1) is 12.0 Å². The number of rotatable bonds is 4. The molecule has 0 aromatic heterocycles. The Labute approximate surface area is 64.3 Å². The van der Waals surface area contributed by atoms with Gasteiger partial charge in [0.25, 0.3) is 0 Å². The third kappa shape index (κ3) is 5.62. The second-order valence-electron chi connectivity index (χ2n) is 1.74. The monoisotopic (exact) mass is 162 g/mol. The molecule has 0 aliphatic heterocycles. The number of Topliss-reactive ketones (excluding diaryl/α,β-unsaturated/α-hetero) is 1. The molecule has 4 heteroatoms. The van der Waals surface area contributed by atoms with Crippen LogP contribution in [0.1, 0.15) is 20.3 Å². The third-order valence-electron chi connectivity index (χ3n) is 0.663. The molecule has 0 aromatic rings. The van der Waals surface area contributed by atoms with Gasteiger partial charge in [-0.3, -0.25) is 9.59 Å². The van der Waals surface area contributed by atoms with Crippen molar-refractivity contribution in [2.45, 2.75) is 20.3 Å². The number of carbonyl (C=O) groups excluding carboxylic acids is 2. The van der Waals surface area contributed by atoms with Gasteiger partial charge in [-0.25, -0.2) is 0 Å². The van der Waals surface area contributed by atoms with Gasteiger partial charge in [0, 0.05) is 5.75 Å². The molecule has 0 heterocycles. The average Bonchev–Trinajstić information content (AvgIpc) is 1.82. The van der Waals surface area contributed by atoms with Crippen molar-refractivity contribution in [3.05, 3.63) is 0 Å². The molecule has 0 bridgehead atoms. The van der Waals surface area contributed by atoms with Crippen molar-refractivity contribution >= 4 is 23.8 Å². The van der Waals surface area contributed by atoms with Gasteiger partial charge in [-0.1, -0.05) is 6.92 Å². The van der Waals surface area contributed by atoms with Crippen molar-refractivity contribution in [3.8, 4) is 0 Å². The van der Waals surface area contributed by atoms with E-state index in [1.165, 1.54) is 6.92 Å². The minimum atomic E-state index is -0.459. The first-order valence-electron chi connectivity index (χ1n) is 2.98. The number of ketones is 1. The van der Waals surface area contributed by atoms with Gasteiger partial charge in [-0.05, 0) is 6.92 Å². The van der Waals surface area contributed by atoms with Crippen molar-refractivity contribution in [3.63, 3.8) is 0 Å². The van der Waals surface area contributed by atoms with Crippen molar-refractivity contribution in [2.75, 3.05) is 5.75 Å². The predicted molar refractivity (Wildman–Crippen MR) is 39.5 cm³/mol. The Morgan fingerprint density at radius 2 is 2.10 bits per heavy atom. The SMILES string of the molecule is CCSOC(=O)CC(C)=O. The smallest absolute Gasteiger partial charge is 0.325 e. The van der Waals surface area contributed by atoms with Crippen LogP contribution in [0.2, 0.25) is 0 Å². The molecule has 0 aromatic carbocycles. The van der Waals surface area contributed by atoms with Crippen LogP contribution in [-0.4, -0.2) is 17.5 Å². The van der Waals surface area contributed by atoms with Crippen LogP contribution in [0.4, 0.5) is 0 Å². The fraction of sp³-hybridized carbons (Fsp3) is 0.667. The Morgan fingerprint density at radius 1 is 1.50 bits per heavy atom. The summed E-state index contributed by atoms with van der Waals surface area (Å²) < 4.78 is 4.56. The topological polar surface area (TPSA) is 43.4 Å². The first kappa shape index (κ1) is 9.49. The molecule has 0 unspecified atom stereocenters.